The fourth-order valence-corrected chi connectivity index (χ4v) is 2.34. The first kappa shape index (κ1) is 11.6. The number of carbonyl (C=O) groups is 2. The number of nitrogens with one attached hydrogen (secondary N) is 1. The van der Waals surface area contributed by atoms with Crippen LogP contribution in [-0.2, 0) is 11.2 Å². The molecule has 4 nitrogen and oxygen atoms in total. The topological polar surface area (TPSA) is 59.2 Å². The van der Waals surface area contributed by atoms with Gasteiger partial charge in [0.2, 0.25) is 0 Å². The second-order valence-corrected chi connectivity index (χ2v) is 4.44. The van der Waals surface area contributed by atoms with Crippen LogP contribution < -0.4 is 0 Å². The molecule has 1 N–H and O–H groups in total. The molecule has 0 amide bonds. The molecule has 0 radical (unpaired) electrons. The van der Waals surface area contributed by atoms with Gasteiger partial charge in [-0.3, -0.25) is 4.79 Å². The Morgan fingerprint density at radius 2 is 2.18 bits per heavy atom. The van der Waals surface area contributed by atoms with Gasteiger partial charge in [-0.05, 0) is 25.8 Å². The van der Waals surface area contributed by atoms with E-state index in [-0.39, 0.29) is 11.7 Å². The van der Waals surface area contributed by atoms with E-state index in [0.29, 0.717) is 23.4 Å². The second kappa shape index (κ2) is 3.87. The summed E-state index contributed by atoms with van der Waals surface area (Å²) in [5.74, 6) is -0.582. The maximum Gasteiger partial charge on any atom is 0.339 e. The number of H-pyrrole nitrogens is 1. The van der Waals surface area contributed by atoms with Gasteiger partial charge >= 0.3 is 5.97 Å². The van der Waals surface area contributed by atoms with E-state index < -0.39 is 5.97 Å². The summed E-state index contributed by atoms with van der Waals surface area (Å²) in [6, 6.07) is 0. The van der Waals surface area contributed by atoms with E-state index in [1.54, 1.807) is 6.92 Å². The third-order valence-corrected chi connectivity index (χ3v) is 3.25. The Bertz CT molecular complexity index is 525. The minimum absolute atomic E-state index is 0.0192. The highest BCUT2D eigenvalue weighted by Gasteiger charge is 2.37. The van der Waals surface area contributed by atoms with Crippen LogP contribution in [0, 0.1) is 12.8 Å². The maximum atomic E-state index is 12.1. The van der Waals surface area contributed by atoms with Gasteiger partial charge in [0.1, 0.15) is 0 Å². The van der Waals surface area contributed by atoms with Gasteiger partial charge in [0.15, 0.2) is 5.78 Å². The molecule has 1 aliphatic carbocycles. The summed E-state index contributed by atoms with van der Waals surface area (Å²) < 4.78 is 4.74. The lowest BCUT2D eigenvalue weighted by Gasteiger charge is -2.07. The average molecular weight is 233 g/mol. The highest BCUT2D eigenvalue weighted by molar-refractivity contribution is 6.06. The molecule has 0 fully saturated rings. The number of allylic oxidation sites excluding steroid dienone is 1. The molecule has 0 saturated heterocycles. The van der Waals surface area contributed by atoms with Crippen molar-refractivity contribution < 1.29 is 14.3 Å². The first-order valence-electron chi connectivity index (χ1n) is 5.46. The summed E-state index contributed by atoms with van der Waals surface area (Å²) in [6.07, 6.45) is 0.540. The maximum absolute atomic E-state index is 12.1. The summed E-state index contributed by atoms with van der Waals surface area (Å²) >= 11 is 0. The molecule has 0 aliphatic heterocycles. The minimum atomic E-state index is -0.393. The molecule has 4 heteroatoms. The summed E-state index contributed by atoms with van der Waals surface area (Å²) in [5.41, 5.74) is 3.33. The number of methoxy groups -OCH3 is 1. The normalized spacial score (nSPS) is 18.1. The molecule has 2 rings (SSSR count). The largest absolute Gasteiger partial charge is 0.465 e. The van der Waals surface area contributed by atoms with Crippen LogP contribution in [0.4, 0.5) is 0 Å². The van der Waals surface area contributed by atoms with Crippen molar-refractivity contribution in [1.29, 1.82) is 0 Å². The van der Waals surface area contributed by atoms with Crippen LogP contribution in [0.5, 0.6) is 0 Å². The predicted molar refractivity (Wildman–Crippen MR) is 63.2 cm³/mol. The fraction of sp³-hybridized carbons (Fsp3) is 0.385. The van der Waals surface area contributed by atoms with Gasteiger partial charge in [-0.15, -0.1) is 0 Å². The average Bonchev–Trinajstić information content (AvgIpc) is 2.74. The number of aryl methyl sites for hydroxylation is 1. The molecule has 1 unspecified atom stereocenters. The number of aromatic nitrogens is 1. The van der Waals surface area contributed by atoms with Crippen molar-refractivity contribution in [3.05, 3.63) is 34.7 Å². The Kier molecular flexibility index (Phi) is 2.65. The van der Waals surface area contributed by atoms with Crippen LogP contribution in [0.15, 0.2) is 12.2 Å². The Morgan fingerprint density at radius 1 is 1.53 bits per heavy atom. The third-order valence-electron chi connectivity index (χ3n) is 3.25. The summed E-state index contributed by atoms with van der Waals surface area (Å²) in [5, 5.41) is 0. The highest BCUT2D eigenvalue weighted by atomic mass is 16.5. The number of ketones is 1. The molecule has 90 valence electrons. The smallest absolute Gasteiger partial charge is 0.339 e. The van der Waals surface area contributed by atoms with Crippen LogP contribution in [0.3, 0.4) is 0 Å². The number of ether oxygens (including phenoxy) is 1. The van der Waals surface area contributed by atoms with Crippen molar-refractivity contribution in [1.82, 2.24) is 4.98 Å². The molecule has 0 spiro atoms. The Hall–Kier alpha value is -1.84. The highest BCUT2D eigenvalue weighted by Crippen LogP contribution is 2.34. The van der Waals surface area contributed by atoms with Crippen LogP contribution in [0.25, 0.3) is 0 Å². The van der Waals surface area contributed by atoms with E-state index in [1.807, 2.05) is 6.92 Å². The van der Waals surface area contributed by atoms with Crippen molar-refractivity contribution in [2.45, 2.75) is 20.3 Å². The molecular formula is C13H15NO3. The van der Waals surface area contributed by atoms with Crippen LogP contribution in [-0.4, -0.2) is 23.8 Å². The lowest BCUT2D eigenvalue weighted by Crippen LogP contribution is -2.12. The number of fused-ring (bicyclic) bond motifs is 1. The molecule has 1 aromatic heterocycles. The van der Waals surface area contributed by atoms with Crippen LogP contribution in [0.2, 0.25) is 0 Å². The SMILES string of the molecule is C=C(C)C1Cc2c([nH]c(C)c2C(=O)OC)C1=O. The quantitative estimate of drug-likeness (QED) is 0.628. The first-order valence-corrected chi connectivity index (χ1v) is 5.46. The zero-order valence-corrected chi connectivity index (χ0v) is 10.2. The zero-order valence-electron chi connectivity index (χ0n) is 10.2. The number of hydrogen-bond donors (Lipinski definition) is 1. The zero-order chi connectivity index (χ0) is 12.7. The molecule has 1 heterocycles. The first-order chi connectivity index (χ1) is 7.97. The van der Waals surface area contributed by atoms with Crippen molar-refractivity contribution >= 4 is 11.8 Å². The van der Waals surface area contributed by atoms with Gasteiger partial charge in [0.05, 0.1) is 18.4 Å². The number of esters is 1. The molecule has 0 saturated carbocycles. The Labute approximate surface area is 99.7 Å². The Morgan fingerprint density at radius 3 is 2.71 bits per heavy atom. The predicted octanol–water partition coefficient (Wildman–Crippen LogP) is 2.04. The third kappa shape index (κ3) is 1.60. The van der Waals surface area contributed by atoms with E-state index in [9.17, 15) is 9.59 Å². The van der Waals surface area contributed by atoms with Gasteiger partial charge in [-0.1, -0.05) is 12.2 Å². The number of Topliss-reactive ketones (excluding diaryl/α,β-unsaturated/α-hetero) is 1. The summed E-state index contributed by atoms with van der Waals surface area (Å²) in [7, 11) is 1.34. The summed E-state index contributed by atoms with van der Waals surface area (Å²) in [4.78, 5) is 26.7. The molecular weight excluding hydrogens is 218 g/mol. The molecule has 0 aromatic carbocycles. The Balaban J connectivity index is 2.51. The summed E-state index contributed by atoms with van der Waals surface area (Å²) in [6.45, 7) is 7.42. The minimum Gasteiger partial charge on any atom is -0.465 e. The molecule has 17 heavy (non-hydrogen) atoms. The van der Waals surface area contributed by atoms with E-state index in [2.05, 4.69) is 11.6 Å². The lowest BCUT2D eigenvalue weighted by atomic mass is 9.97. The monoisotopic (exact) mass is 233 g/mol. The van der Waals surface area contributed by atoms with Crippen LogP contribution in [0.1, 0.15) is 39.0 Å². The van der Waals surface area contributed by atoms with Crippen molar-refractivity contribution in [2.24, 2.45) is 5.92 Å². The van der Waals surface area contributed by atoms with Gasteiger partial charge in [0, 0.05) is 11.6 Å². The van der Waals surface area contributed by atoms with E-state index in [4.69, 9.17) is 4.74 Å². The van der Waals surface area contributed by atoms with E-state index in [0.717, 1.165) is 11.1 Å². The van der Waals surface area contributed by atoms with Crippen molar-refractivity contribution in [3.63, 3.8) is 0 Å². The fourth-order valence-electron chi connectivity index (χ4n) is 2.34. The van der Waals surface area contributed by atoms with Gasteiger partial charge < -0.3 is 9.72 Å². The lowest BCUT2D eigenvalue weighted by molar-refractivity contribution is 0.0598. The standard InChI is InChI=1S/C13H15NO3/c1-6(2)8-5-9-10(13(16)17-4)7(3)14-11(9)12(8)15/h8,14H,1,5H2,2-4H3. The van der Waals surface area contributed by atoms with E-state index >= 15 is 0 Å². The molecule has 1 atom stereocenters. The number of aromatic amines is 1. The van der Waals surface area contributed by atoms with Crippen LogP contribution >= 0.6 is 0 Å². The molecule has 1 aromatic rings. The number of rotatable bonds is 2. The van der Waals surface area contributed by atoms with Gasteiger partial charge in [-0.2, -0.15) is 0 Å². The molecule has 0 bridgehead atoms. The van der Waals surface area contributed by atoms with Crippen molar-refractivity contribution in [3.8, 4) is 0 Å². The molecule has 1 aliphatic rings. The van der Waals surface area contributed by atoms with Gasteiger partial charge in [0.25, 0.3) is 0 Å². The van der Waals surface area contributed by atoms with Crippen molar-refractivity contribution in [2.75, 3.05) is 7.11 Å². The second-order valence-electron chi connectivity index (χ2n) is 4.44. The van der Waals surface area contributed by atoms with E-state index in [1.165, 1.54) is 7.11 Å². The number of hydrogen-bond acceptors (Lipinski definition) is 3. The number of carbonyl (C=O) groups excluding carboxylic acids is 2. The van der Waals surface area contributed by atoms with Gasteiger partial charge in [-0.25, -0.2) is 4.79 Å².